The van der Waals surface area contributed by atoms with E-state index in [0.717, 1.165) is 32.4 Å². The van der Waals surface area contributed by atoms with Gasteiger partial charge in [0.15, 0.2) is 0 Å². The molecule has 1 aliphatic rings. The van der Waals surface area contributed by atoms with Crippen LogP contribution in [0.5, 0.6) is 0 Å². The van der Waals surface area contributed by atoms with Crippen molar-refractivity contribution in [1.29, 1.82) is 0 Å². The Kier molecular flexibility index (Phi) is 4.78. The van der Waals surface area contributed by atoms with Crippen molar-refractivity contribution in [2.75, 3.05) is 6.54 Å². The van der Waals surface area contributed by atoms with Gasteiger partial charge in [0, 0.05) is 24.0 Å². The van der Waals surface area contributed by atoms with Crippen molar-refractivity contribution < 1.29 is 4.79 Å². The lowest BCUT2D eigenvalue weighted by molar-refractivity contribution is 0.189. The molecule has 22 heavy (non-hydrogen) atoms. The molecule has 0 radical (unpaired) electrons. The molecule has 0 fully saturated rings. The fourth-order valence-corrected chi connectivity index (χ4v) is 3.71. The zero-order chi connectivity index (χ0) is 15.4. The molecule has 4 heteroatoms. The summed E-state index contributed by atoms with van der Waals surface area (Å²) in [7, 11) is 0. The summed E-state index contributed by atoms with van der Waals surface area (Å²) in [4.78, 5) is 15.7. The predicted octanol–water partition coefficient (Wildman–Crippen LogP) is 3.84. The third-order valence-corrected chi connectivity index (χ3v) is 5.20. The molecule has 0 aliphatic carbocycles. The van der Waals surface area contributed by atoms with Gasteiger partial charge in [-0.1, -0.05) is 30.3 Å². The number of hydrogen-bond acceptors (Lipinski definition) is 2. The summed E-state index contributed by atoms with van der Waals surface area (Å²) in [5.74, 6) is 0. The van der Waals surface area contributed by atoms with E-state index in [1.807, 2.05) is 11.0 Å². The Morgan fingerprint density at radius 1 is 1.32 bits per heavy atom. The van der Waals surface area contributed by atoms with E-state index < -0.39 is 0 Å². The Bertz CT molecular complexity index is 623. The van der Waals surface area contributed by atoms with Gasteiger partial charge in [0.1, 0.15) is 0 Å². The number of nitrogens with one attached hydrogen (secondary N) is 1. The highest BCUT2D eigenvalue weighted by Gasteiger charge is 2.22. The fraction of sp³-hybridized carbons (Fsp3) is 0.389. The van der Waals surface area contributed by atoms with Crippen molar-refractivity contribution in [3.8, 4) is 0 Å². The van der Waals surface area contributed by atoms with Crippen LogP contribution in [0.2, 0.25) is 0 Å². The van der Waals surface area contributed by atoms with Gasteiger partial charge in [-0.25, -0.2) is 4.79 Å². The Morgan fingerprint density at radius 2 is 2.14 bits per heavy atom. The van der Waals surface area contributed by atoms with Gasteiger partial charge in [0.05, 0.1) is 0 Å². The third kappa shape index (κ3) is 3.69. The van der Waals surface area contributed by atoms with Crippen molar-refractivity contribution in [2.24, 2.45) is 0 Å². The van der Waals surface area contributed by atoms with E-state index in [2.05, 4.69) is 48.0 Å². The molecular formula is C18H22N2OS. The van der Waals surface area contributed by atoms with Crippen molar-refractivity contribution in [3.05, 3.63) is 57.8 Å². The first-order chi connectivity index (χ1) is 10.7. The number of urea groups is 1. The van der Waals surface area contributed by atoms with Crippen molar-refractivity contribution in [3.63, 3.8) is 0 Å². The van der Waals surface area contributed by atoms with E-state index in [9.17, 15) is 4.79 Å². The first-order valence-electron chi connectivity index (χ1n) is 7.87. The van der Waals surface area contributed by atoms with Crippen LogP contribution < -0.4 is 5.32 Å². The molecule has 2 amide bonds. The Labute approximate surface area is 136 Å². The standard InChI is InChI=1S/C18H22N2OS/c1-14(7-8-15-5-3-2-4-6-15)19-18(21)20-11-9-17-16(13-20)10-12-22-17/h2-6,10,12,14H,7-9,11,13H2,1H3,(H,19,21)/t14-/m0/s1. The Morgan fingerprint density at radius 3 is 2.95 bits per heavy atom. The molecule has 3 rings (SSSR count). The van der Waals surface area contributed by atoms with Gasteiger partial charge in [-0.3, -0.25) is 0 Å². The third-order valence-electron chi connectivity index (χ3n) is 4.17. The molecule has 2 heterocycles. The summed E-state index contributed by atoms with van der Waals surface area (Å²) in [5, 5.41) is 5.25. The second-order valence-corrected chi connectivity index (χ2v) is 6.92. The molecule has 1 atom stereocenters. The molecule has 0 spiro atoms. The zero-order valence-electron chi connectivity index (χ0n) is 12.9. The monoisotopic (exact) mass is 314 g/mol. The fourth-order valence-electron chi connectivity index (χ4n) is 2.82. The van der Waals surface area contributed by atoms with Crippen LogP contribution in [0.25, 0.3) is 0 Å². The molecule has 1 aromatic heterocycles. The number of rotatable bonds is 4. The van der Waals surface area contributed by atoms with E-state index in [4.69, 9.17) is 0 Å². The second-order valence-electron chi connectivity index (χ2n) is 5.92. The van der Waals surface area contributed by atoms with E-state index in [1.165, 1.54) is 16.0 Å². The van der Waals surface area contributed by atoms with Gasteiger partial charge in [-0.05, 0) is 48.8 Å². The number of thiophene rings is 1. The van der Waals surface area contributed by atoms with Gasteiger partial charge in [0.25, 0.3) is 0 Å². The number of amides is 2. The largest absolute Gasteiger partial charge is 0.336 e. The van der Waals surface area contributed by atoms with E-state index in [1.54, 1.807) is 11.3 Å². The van der Waals surface area contributed by atoms with Gasteiger partial charge in [0.2, 0.25) is 0 Å². The predicted molar refractivity (Wildman–Crippen MR) is 91.2 cm³/mol. The van der Waals surface area contributed by atoms with Crippen LogP contribution in [0.15, 0.2) is 41.8 Å². The molecule has 1 aliphatic heterocycles. The molecule has 0 saturated heterocycles. The maximum atomic E-state index is 12.4. The molecular weight excluding hydrogens is 292 g/mol. The summed E-state index contributed by atoms with van der Waals surface area (Å²) in [6.07, 6.45) is 2.95. The van der Waals surface area contributed by atoms with Gasteiger partial charge in [-0.15, -0.1) is 11.3 Å². The minimum Gasteiger partial charge on any atom is -0.336 e. The van der Waals surface area contributed by atoms with Crippen molar-refractivity contribution in [2.45, 2.75) is 38.8 Å². The molecule has 116 valence electrons. The highest BCUT2D eigenvalue weighted by Crippen LogP contribution is 2.23. The lowest BCUT2D eigenvalue weighted by Crippen LogP contribution is -2.45. The average Bonchev–Trinajstić information content (AvgIpc) is 3.01. The highest BCUT2D eigenvalue weighted by atomic mass is 32.1. The van der Waals surface area contributed by atoms with Crippen LogP contribution in [0, 0.1) is 0 Å². The maximum absolute atomic E-state index is 12.4. The van der Waals surface area contributed by atoms with Gasteiger partial charge >= 0.3 is 6.03 Å². The van der Waals surface area contributed by atoms with Crippen molar-refractivity contribution in [1.82, 2.24) is 10.2 Å². The quantitative estimate of drug-likeness (QED) is 0.914. The van der Waals surface area contributed by atoms with Crippen LogP contribution >= 0.6 is 11.3 Å². The summed E-state index contributed by atoms with van der Waals surface area (Å²) in [6, 6.07) is 12.8. The normalized spacial score (nSPS) is 15.2. The lowest BCUT2D eigenvalue weighted by Gasteiger charge is -2.28. The molecule has 1 N–H and O–H groups in total. The van der Waals surface area contributed by atoms with Gasteiger partial charge in [-0.2, -0.15) is 0 Å². The summed E-state index contributed by atoms with van der Waals surface area (Å²) >= 11 is 1.80. The Balaban J connectivity index is 1.47. The zero-order valence-corrected chi connectivity index (χ0v) is 13.7. The van der Waals surface area contributed by atoms with Crippen LogP contribution in [0.4, 0.5) is 4.79 Å². The molecule has 0 saturated carbocycles. The SMILES string of the molecule is C[C@@H](CCc1ccccc1)NC(=O)N1CCc2sccc2C1. The average molecular weight is 314 g/mol. The van der Waals surface area contributed by atoms with E-state index in [0.29, 0.717) is 0 Å². The second kappa shape index (κ2) is 6.97. The number of hydrogen-bond donors (Lipinski definition) is 1. The highest BCUT2D eigenvalue weighted by molar-refractivity contribution is 7.10. The molecule has 3 nitrogen and oxygen atoms in total. The summed E-state index contributed by atoms with van der Waals surface area (Å²) in [6.45, 7) is 3.65. The summed E-state index contributed by atoms with van der Waals surface area (Å²) < 4.78 is 0. The maximum Gasteiger partial charge on any atom is 0.317 e. The molecule has 1 aromatic carbocycles. The van der Waals surface area contributed by atoms with E-state index >= 15 is 0 Å². The minimum atomic E-state index is 0.0670. The first kappa shape index (κ1) is 15.1. The van der Waals surface area contributed by atoms with E-state index in [-0.39, 0.29) is 12.1 Å². The number of carbonyl (C=O) groups excluding carboxylic acids is 1. The molecule has 2 aromatic rings. The number of nitrogens with zero attached hydrogens (tertiary/aromatic N) is 1. The van der Waals surface area contributed by atoms with Gasteiger partial charge < -0.3 is 10.2 Å². The number of benzene rings is 1. The van der Waals surface area contributed by atoms with Crippen LogP contribution in [0.1, 0.15) is 29.3 Å². The smallest absolute Gasteiger partial charge is 0.317 e. The number of aryl methyl sites for hydroxylation is 1. The lowest BCUT2D eigenvalue weighted by atomic mass is 10.1. The van der Waals surface area contributed by atoms with Crippen LogP contribution in [0.3, 0.4) is 0 Å². The number of carbonyl (C=O) groups is 1. The molecule has 0 bridgehead atoms. The topological polar surface area (TPSA) is 32.3 Å². The first-order valence-corrected chi connectivity index (χ1v) is 8.75. The minimum absolute atomic E-state index is 0.0670. The van der Waals surface area contributed by atoms with Crippen LogP contribution in [-0.2, 0) is 19.4 Å². The molecule has 0 unspecified atom stereocenters. The number of fused-ring (bicyclic) bond motifs is 1. The van der Waals surface area contributed by atoms with Crippen molar-refractivity contribution >= 4 is 17.4 Å². The Hall–Kier alpha value is -1.81. The summed E-state index contributed by atoms with van der Waals surface area (Å²) in [5.41, 5.74) is 2.63. The van der Waals surface area contributed by atoms with Crippen LogP contribution in [-0.4, -0.2) is 23.5 Å².